The van der Waals surface area contributed by atoms with E-state index in [1.807, 2.05) is 25.1 Å². The Morgan fingerprint density at radius 1 is 1.44 bits per heavy atom. The highest BCUT2D eigenvalue weighted by Crippen LogP contribution is 2.23. The summed E-state index contributed by atoms with van der Waals surface area (Å²) in [6.07, 6.45) is 0.880. The Kier molecular flexibility index (Phi) is 3.72. The summed E-state index contributed by atoms with van der Waals surface area (Å²) < 4.78 is 5.32. The summed E-state index contributed by atoms with van der Waals surface area (Å²) in [6, 6.07) is 5.40. The molecule has 98 valence electrons. The Hall–Kier alpha value is -1.75. The molecule has 5 heteroatoms. The zero-order valence-electron chi connectivity index (χ0n) is 10.8. The fourth-order valence-corrected chi connectivity index (χ4v) is 2.04. The summed E-state index contributed by atoms with van der Waals surface area (Å²) in [6.45, 7) is 1.82. The van der Waals surface area contributed by atoms with E-state index in [2.05, 4.69) is 0 Å². The van der Waals surface area contributed by atoms with E-state index in [0.29, 0.717) is 18.0 Å². The van der Waals surface area contributed by atoms with Crippen LogP contribution in [0.15, 0.2) is 18.2 Å². The first-order valence-corrected chi connectivity index (χ1v) is 6.03. The Morgan fingerprint density at radius 2 is 2.22 bits per heavy atom. The van der Waals surface area contributed by atoms with Crippen molar-refractivity contribution in [2.45, 2.75) is 6.42 Å². The monoisotopic (exact) mass is 249 g/mol. The van der Waals surface area contributed by atoms with Crippen LogP contribution in [0.3, 0.4) is 0 Å². The second-order valence-electron chi connectivity index (χ2n) is 4.63. The molecule has 2 N–H and O–H groups in total. The van der Waals surface area contributed by atoms with Crippen LogP contribution in [-0.4, -0.2) is 44.8 Å². The van der Waals surface area contributed by atoms with E-state index in [9.17, 15) is 4.79 Å². The summed E-state index contributed by atoms with van der Waals surface area (Å²) in [4.78, 5) is 16.1. The van der Waals surface area contributed by atoms with Crippen LogP contribution >= 0.6 is 0 Å². The van der Waals surface area contributed by atoms with Gasteiger partial charge in [-0.25, -0.2) is 0 Å². The summed E-state index contributed by atoms with van der Waals surface area (Å²) in [5.41, 5.74) is 7.88. The van der Waals surface area contributed by atoms with Crippen molar-refractivity contribution in [3.63, 3.8) is 0 Å². The molecule has 1 fully saturated rings. The van der Waals surface area contributed by atoms with Gasteiger partial charge in [0.05, 0.1) is 12.2 Å². The van der Waals surface area contributed by atoms with Crippen LogP contribution in [0.2, 0.25) is 0 Å². The van der Waals surface area contributed by atoms with Gasteiger partial charge >= 0.3 is 0 Å². The third-order valence-corrected chi connectivity index (χ3v) is 2.98. The van der Waals surface area contributed by atoms with E-state index in [1.54, 1.807) is 17.0 Å². The third-order valence-electron chi connectivity index (χ3n) is 2.98. The van der Waals surface area contributed by atoms with Crippen molar-refractivity contribution in [1.29, 1.82) is 0 Å². The largest absolute Gasteiger partial charge is 0.399 e. The number of nitrogen functional groups attached to an aromatic ring is 1. The van der Waals surface area contributed by atoms with Gasteiger partial charge in [0.15, 0.2) is 0 Å². The fourth-order valence-electron chi connectivity index (χ4n) is 2.04. The summed E-state index contributed by atoms with van der Waals surface area (Å²) >= 11 is 0. The van der Waals surface area contributed by atoms with Gasteiger partial charge < -0.3 is 20.3 Å². The molecular formula is C13H19N3O2. The van der Waals surface area contributed by atoms with Crippen molar-refractivity contribution in [3.05, 3.63) is 23.8 Å². The number of rotatable bonds is 2. The second-order valence-corrected chi connectivity index (χ2v) is 4.63. The number of nitrogens with zero attached hydrogens (tertiary/aromatic N) is 2. The van der Waals surface area contributed by atoms with E-state index in [0.717, 1.165) is 25.3 Å². The minimum atomic E-state index is -0.0225. The number of amides is 1. The third kappa shape index (κ3) is 2.56. The molecule has 1 saturated heterocycles. The van der Waals surface area contributed by atoms with Gasteiger partial charge in [0.1, 0.15) is 6.73 Å². The maximum absolute atomic E-state index is 12.4. The molecule has 0 atom stereocenters. The van der Waals surface area contributed by atoms with Crippen molar-refractivity contribution in [1.82, 2.24) is 4.90 Å². The van der Waals surface area contributed by atoms with Gasteiger partial charge in [-0.1, -0.05) is 0 Å². The fraction of sp³-hybridized carbons (Fsp3) is 0.462. The number of carbonyl (C=O) groups is 1. The van der Waals surface area contributed by atoms with E-state index >= 15 is 0 Å². The molecular weight excluding hydrogens is 230 g/mol. The van der Waals surface area contributed by atoms with Gasteiger partial charge in [0.25, 0.3) is 5.91 Å². The van der Waals surface area contributed by atoms with Crippen molar-refractivity contribution in [2.24, 2.45) is 0 Å². The van der Waals surface area contributed by atoms with Crippen LogP contribution < -0.4 is 10.6 Å². The molecule has 1 amide bonds. The molecule has 0 unspecified atom stereocenters. The van der Waals surface area contributed by atoms with E-state index in [-0.39, 0.29) is 5.91 Å². The zero-order chi connectivity index (χ0) is 13.1. The summed E-state index contributed by atoms with van der Waals surface area (Å²) in [5.74, 6) is -0.0225. The lowest BCUT2D eigenvalue weighted by Gasteiger charge is -2.28. The molecule has 0 bridgehead atoms. The van der Waals surface area contributed by atoms with Gasteiger partial charge in [-0.05, 0) is 24.6 Å². The lowest BCUT2D eigenvalue weighted by molar-refractivity contribution is -0.00566. The summed E-state index contributed by atoms with van der Waals surface area (Å²) in [5, 5.41) is 0. The minimum Gasteiger partial charge on any atom is -0.399 e. The number of hydrogen-bond acceptors (Lipinski definition) is 4. The highest BCUT2D eigenvalue weighted by molar-refractivity contribution is 6.00. The molecule has 1 aliphatic heterocycles. The van der Waals surface area contributed by atoms with Crippen LogP contribution in [0.4, 0.5) is 11.4 Å². The normalized spacial score (nSPS) is 15.6. The molecule has 18 heavy (non-hydrogen) atoms. The van der Waals surface area contributed by atoms with E-state index < -0.39 is 0 Å². The zero-order valence-corrected chi connectivity index (χ0v) is 10.8. The van der Waals surface area contributed by atoms with Crippen molar-refractivity contribution in [2.75, 3.05) is 44.6 Å². The first kappa shape index (κ1) is 12.7. The first-order chi connectivity index (χ1) is 8.59. The van der Waals surface area contributed by atoms with Gasteiger partial charge in [-0.3, -0.25) is 4.79 Å². The van der Waals surface area contributed by atoms with E-state index in [1.165, 1.54) is 0 Å². The Labute approximate surface area is 107 Å². The van der Waals surface area contributed by atoms with Gasteiger partial charge in [0, 0.05) is 32.0 Å². The lowest BCUT2D eigenvalue weighted by Crippen LogP contribution is -2.38. The maximum atomic E-state index is 12.4. The van der Waals surface area contributed by atoms with Crippen molar-refractivity contribution in [3.8, 4) is 0 Å². The topological polar surface area (TPSA) is 58.8 Å². The SMILES string of the molecule is CN(C)c1ccc(N)cc1C(=O)N1CCCOC1. The van der Waals surface area contributed by atoms with Crippen LogP contribution in [0.1, 0.15) is 16.8 Å². The predicted octanol–water partition coefficient (Wildman–Crippen LogP) is 1.15. The number of hydrogen-bond donors (Lipinski definition) is 1. The molecule has 0 aromatic heterocycles. The van der Waals surface area contributed by atoms with Gasteiger partial charge in [0.2, 0.25) is 0 Å². The standard InChI is InChI=1S/C13H19N3O2/c1-15(2)12-5-4-10(14)8-11(12)13(17)16-6-3-7-18-9-16/h4-5,8H,3,6-7,9,14H2,1-2H3. The Morgan fingerprint density at radius 3 is 2.83 bits per heavy atom. The van der Waals surface area contributed by atoms with Crippen molar-refractivity contribution < 1.29 is 9.53 Å². The molecule has 0 saturated carbocycles. The number of benzene rings is 1. The van der Waals surface area contributed by atoms with E-state index in [4.69, 9.17) is 10.5 Å². The molecule has 1 aromatic carbocycles. The van der Waals surface area contributed by atoms with Crippen LogP contribution in [0, 0.1) is 0 Å². The average Bonchev–Trinajstić information content (AvgIpc) is 2.38. The quantitative estimate of drug-likeness (QED) is 0.799. The second kappa shape index (κ2) is 5.27. The number of nitrogens with two attached hydrogens (primary N) is 1. The van der Waals surface area contributed by atoms with Gasteiger partial charge in [-0.15, -0.1) is 0 Å². The maximum Gasteiger partial charge on any atom is 0.257 e. The first-order valence-electron chi connectivity index (χ1n) is 6.03. The lowest BCUT2D eigenvalue weighted by atomic mass is 10.1. The van der Waals surface area contributed by atoms with Crippen LogP contribution in [0.25, 0.3) is 0 Å². The molecule has 2 rings (SSSR count). The number of ether oxygens (including phenoxy) is 1. The molecule has 0 spiro atoms. The molecule has 1 heterocycles. The highest BCUT2D eigenvalue weighted by Gasteiger charge is 2.21. The predicted molar refractivity (Wildman–Crippen MR) is 71.7 cm³/mol. The van der Waals surface area contributed by atoms with Crippen LogP contribution in [-0.2, 0) is 4.74 Å². The summed E-state index contributed by atoms with van der Waals surface area (Å²) in [7, 11) is 3.82. The Balaban J connectivity index is 2.30. The Bertz CT molecular complexity index is 440. The smallest absolute Gasteiger partial charge is 0.257 e. The average molecular weight is 249 g/mol. The van der Waals surface area contributed by atoms with Crippen LogP contribution in [0.5, 0.6) is 0 Å². The number of carbonyl (C=O) groups excluding carboxylic acids is 1. The molecule has 1 aromatic rings. The number of anilines is 2. The molecule has 5 nitrogen and oxygen atoms in total. The highest BCUT2D eigenvalue weighted by atomic mass is 16.5. The molecule has 0 aliphatic carbocycles. The molecule has 1 aliphatic rings. The molecule has 0 radical (unpaired) electrons. The van der Waals surface area contributed by atoms with Gasteiger partial charge in [-0.2, -0.15) is 0 Å². The minimum absolute atomic E-state index is 0.0225. The van der Waals surface area contributed by atoms with Crippen molar-refractivity contribution >= 4 is 17.3 Å².